The first-order valence-electron chi connectivity index (χ1n) is 12.6. The largest absolute Gasteiger partial charge is 0.493 e. The van der Waals surface area contributed by atoms with Crippen LogP contribution in [0, 0.1) is 13.8 Å². The lowest BCUT2D eigenvalue weighted by Crippen LogP contribution is -2.43. The SMILES string of the molecule is COc1cc2c(cc1OC)[C@H](COc1ccc3c(C)cc(=O)oc3c1)N(C(=O)Cc1cccc(C)c1)CC2. The van der Waals surface area contributed by atoms with Crippen molar-refractivity contribution in [3.63, 3.8) is 0 Å². The average Bonchev–Trinajstić information content (AvgIpc) is 2.90. The van der Waals surface area contributed by atoms with Crippen LogP contribution in [0.5, 0.6) is 17.2 Å². The predicted molar refractivity (Wildman–Crippen MR) is 145 cm³/mol. The maximum absolute atomic E-state index is 13.6. The fraction of sp³-hybridized carbons (Fsp3) is 0.290. The molecule has 0 aliphatic carbocycles. The number of aryl methyl sites for hydroxylation is 2. The standard InChI is InChI=1S/C31H31NO6/c1-19-6-5-7-21(12-19)14-30(33)32-11-10-22-15-28(35-3)29(36-4)17-25(22)26(32)18-37-23-8-9-24-20(2)13-31(34)38-27(24)16-23/h5-9,12-13,15-17,26H,10-11,14,18H2,1-4H3/t26-/m0/s1. The zero-order valence-electron chi connectivity index (χ0n) is 22.1. The Morgan fingerprint density at radius 3 is 2.55 bits per heavy atom. The van der Waals surface area contributed by atoms with Crippen LogP contribution in [0.4, 0.5) is 0 Å². The molecular formula is C31H31NO6. The van der Waals surface area contributed by atoms with Crippen molar-refractivity contribution >= 4 is 16.9 Å². The number of rotatable bonds is 7. The molecule has 5 rings (SSSR count). The van der Waals surface area contributed by atoms with Crippen LogP contribution in [0.25, 0.3) is 11.0 Å². The molecule has 0 bridgehead atoms. The van der Waals surface area contributed by atoms with E-state index in [4.69, 9.17) is 18.6 Å². The quantitative estimate of drug-likeness (QED) is 0.317. The molecule has 0 unspecified atom stereocenters. The van der Waals surface area contributed by atoms with E-state index in [1.807, 2.05) is 67.3 Å². The molecule has 0 saturated carbocycles. The molecular weight excluding hydrogens is 482 g/mol. The van der Waals surface area contributed by atoms with Gasteiger partial charge in [0.25, 0.3) is 0 Å². The lowest BCUT2D eigenvalue weighted by Gasteiger charge is -2.37. The topological polar surface area (TPSA) is 78.2 Å². The first-order chi connectivity index (χ1) is 18.4. The second-order valence-electron chi connectivity index (χ2n) is 9.64. The fourth-order valence-corrected chi connectivity index (χ4v) is 5.17. The summed E-state index contributed by atoms with van der Waals surface area (Å²) in [6, 6.07) is 18.5. The van der Waals surface area contributed by atoms with Crippen molar-refractivity contribution in [2.75, 3.05) is 27.4 Å². The van der Waals surface area contributed by atoms with E-state index in [9.17, 15) is 9.59 Å². The molecule has 38 heavy (non-hydrogen) atoms. The number of carbonyl (C=O) groups is 1. The Kier molecular flexibility index (Phi) is 7.09. The van der Waals surface area contributed by atoms with Gasteiger partial charge in [0.15, 0.2) is 11.5 Å². The Morgan fingerprint density at radius 2 is 1.79 bits per heavy atom. The number of hydrogen-bond donors (Lipinski definition) is 0. The highest BCUT2D eigenvalue weighted by atomic mass is 16.5. The van der Waals surface area contributed by atoms with Gasteiger partial charge in [0.05, 0.1) is 26.7 Å². The molecule has 0 saturated heterocycles. The van der Waals surface area contributed by atoms with Gasteiger partial charge in [0.2, 0.25) is 5.91 Å². The molecule has 0 fully saturated rings. The van der Waals surface area contributed by atoms with Crippen LogP contribution >= 0.6 is 0 Å². The molecule has 3 aromatic carbocycles. The van der Waals surface area contributed by atoms with Gasteiger partial charge in [-0.05, 0) is 66.8 Å². The van der Waals surface area contributed by atoms with E-state index in [2.05, 4.69) is 0 Å². The van der Waals surface area contributed by atoms with Crippen LogP contribution < -0.4 is 19.8 Å². The zero-order valence-corrected chi connectivity index (χ0v) is 22.1. The van der Waals surface area contributed by atoms with Gasteiger partial charge in [0, 0.05) is 24.1 Å². The normalized spacial score (nSPS) is 14.7. The third-order valence-electron chi connectivity index (χ3n) is 7.09. The lowest BCUT2D eigenvalue weighted by molar-refractivity contribution is -0.134. The monoisotopic (exact) mass is 513 g/mol. The third-order valence-corrected chi connectivity index (χ3v) is 7.09. The molecule has 196 valence electrons. The third kappa shape index (κ3) is 5.09. The van der Waals surface area contributed by atoms with Crippen LogP contribution in [0.15, 0.2) is 69.9 Å². The molecule has 1 aliphatic heterocycles. The van der Waals surface area contributed by atoms with Crippen LogP contribution in [0.2, 0.25) is 0 Å². The lowest BCUT2D eigenvalue weighted by atomic mass is 9.91. The number of amides is 1. The summed E-state index contributed by atoms with van der Waals surface area (Å²) >= 11 is 0. The highest BCUT2D eigenvalue weighted by Gasteiger charge is 2.33. The number of benzene rings is 3. The van der Waals surface area contributed by atoms with Crippen LogP contribution in [0.3, 0.4) is 0 Å². The first-order valence-corrected chi connectivity index (χ1v) is 12.6. The highest BCUT2D eigenvalue weighted by molar-refractivity contribution is 5.81. The van der Waals surface area contributed by atoms with Crippen molar-refractivity contribution in [2.24, 2.45) is 0 Å². The summed E-state index contributed by atoms with van der Waals surface area (Å²) in [4.78, 5) is 27.4. The summed E-state index contributed by atoms with van der Waals surface area (Å²) in [6.45, 7) is 4.68. The number of fused-ring (bicyclic) bond motifs is 2. The summed E-state index contributed by atoms with van der Waals surface area (Å²) in [5.74, 6) is 1.85. The summed E-state index contributed by atoms with van der Waals surface area (Å²) in [7, 11) is 3.22. The second kappa shape index (κ2) is 10.6. The minimum atomic E-state index is -0.401. The number of methoxy groups -OCH3 is 2. The average molecular weight is 514 g/mol. The Morgan fingerprint density at radius 1 is 1.00 bits per heavy atom. The van der Waals surface area contributed by atoms with E-state index < -0.39 is 5.63 Å². The van der Waals surface area contributed by atoms with E-state index in [1.165, 1.54) is 6.07 Å². The van der Waals surface area contributed by atoms with Gasteiger partial charge in [0.1, 0.15) is 17.9 Å². The van der Waals surface area contributed by atoms with Crippen molar-refractivity contribution in [2.45, 2.75) is 32.7 Å². The van der Waals surface area contributed by atoms with Gasteiger partial charge >= 0.3 is 5.63 Å². The van der Waals surface area contributed by atoms with Crippen molar-refractivity contribution in [1.29, 1.82) is 0 Å². The van der Waals surface area contributed by atoms with E-state index in [-0.39, 0.29) is 18.6 Å². The Labute approximate surface area is 221 Å². The summed E-state index contributed by atoms with van der Waals surface area (Å²) in [5.41, 5.74) is 5.07. The molecule has 1 atom stereocenters. The molecule has 1 amide bonds. The first kappa shape index (κ1) is 25.4. The van der Waals surface area contributed by atoms with Gasteiger partial charge in [-0.15, -0.1) is 0 Å². The molecule has 1 aromatic heterocycles. The van der Waals surface area contributed by atoms with Crippen LogP contribution in [-0.4, -0.2) is 38.2 Å². The minimum absolute atomic E-state index is 0.0322. The summed E-state index contributed by atoms with van der Waals surface area (Å²) in [5, 5.41) is 0.853. The van der Waals surface area contributed by atoms with E-state index >= 15 is 0 Å². The van der Waals surface area contributed by atoms with Gasteiger partial charge in [-0.2, -0.15) is 0 Å². The van der Waals surface area contributed by atoms with Gasteiger partial charge in [-0.1, -0.05) is 29.8 Å². The fourth-order valence-electron chi connectivity index (χ4n) is 5.17. The molecule has 0 spiro atoms. The number of nitrogens with zero attached hydrogens (tertiary/aromatic N) is 1. The van der Waals surface area contributed by atoms with Crippen molar-refractivity contribution < 1.29 is 23.4 Å². The molecule has 0 N–H and O–H groups in total. The van der Waals surface area contributed by atoms with Crippen molar-refractivity contribution in [3.8, 4) is 17.2 Å². The number of hydrogen-bond acceptors (Lipinski definition) is 6. The van der Waals surface area contributed by atoms with Crippen molar-refractivity contribution in [1.82, 2.24) is 4.90 Å². The molecule has 1 aliphatic rings. The van der Waals surface area contributed by atoms with Gasteiger partial charge in [-0.25, -0.2) is 4.79 Å². The van der Waals surface area contributed by atoms with Crippen LogP contribution in [-0.2, 0) is 17.6 Å². The van der Waals surface area contributed by atoms with E-state index in [0.717, 1.165) is 33.2 Å². The molecule has 4 aromatic rings. The Bertz CT molecular complexity index is 1560. The second-order valence-corrected chi connectivity index (χ2v) is 9.64. The van der Waals surface area contributed by atoms with Crippen LogP contribution in [0.1, 0.15) is 33.9 Å². The summed E-state index contributed by atoms with van der Waals surface area (Å²) < 4.78 is 22.7. The smallest absolute Gasteiger partial charge is 0.336 e. The maximum atomic E-state index is 13.6. The zero-order chi connectivity index (χ0) is 26.8. The van der Waals surface area contributed by atoms with E-state index in [1.54, 1.807) is 20.3 Å². The van der Waals surface area contributed by atoms with Crippen molar-refractivity contribution in [3.05, 3.63) is 98.9 Å². The van der Waals surface area contributed by atoms with E-state index in [0.29, 0.717) is 42.2 Å². The van der Waals surface area contributed by atoms with Gasteiger partial charge < -0.3 is 23.5 Å². The molecule has 0 radical (unpaired) electrons. The molecule has 2 heterocycles. The molecule has 7 heteroatoms. The number of ether oxygens (including phenoxy) is 3. The number of carbonyl (C=O) groups excluding carboxylic acids is 1. The minimum Gasteiger partial charge on any atom is -0.493 e. The van der Waals surface area contributed by atoms with Gasteiger partial charge in [-0.3, -0.25) is 4.79 Å². The molecule has 7 nitrogen and oxygen atoms in total. The Balaban J connectivity index is 1.47. The Hall–Kier alpha value is -4.26. The summed E-state index contributed by atoms with van der Waals surface area (Å²) in [6.07, 6.45) is 1.01. The highest BCUT2D eigenvalue weighted by Crippen LogP contribution is 2.39. The predicted octanol–water partition coefficient (Wildman–Crippen LogP) is 5.17. The maximum Gasteiger partial charge on any atom is 0.336 e.